The van der Waals surface area contributed by atoms with Gasteiger partial charge in [-0.2, -0.15) is 18.3 Å². The number of anilines is 1. The van der Waals surface area contributed by atoms with Crippen LogP contribution in [0.5, 0.6) is 0 Å². The number of nitrogens with one attached hydrogen (secondary N) is 1. The molecule has 1 N–H and O–H groups in total. The Morgan fingerprint density at radius 3 is 2.62 bits per heavy atom. The molecule has 0 unspecified atom stereocenters. The van der Waals surface area contributed by atoms with Crippen molar-refractivity contribution in [2.24, 2.45) is 0 Å². The molecule has 3 aromatic rings. The van der Waals surface area contributed by atoms with E-state index in [0.29, 0.717) is 24.5 Å². The molecule has 0 atom stereocenters. The van der Waals surface area contributed by atoms with Crippen molar-refractivity contribution >= 4 is 34.0 Å². The van der Waals surface area contributed by atoms with Crippen LogP contribution in [0.15, 0.2) is 48.4 Å². The van der Waals surface area contributed by atoms with E-state index in [1.807, 2.05) is 24.0 Å². The number of H-pyrrole nitrogens is 1. The molecular formula is C20H17ClF3N5. The molecule has 150 valence electrons. The molecule has 1 aliphatic heterocycles. The second kappa shape index (κ2) is 7.18. The zero-order chi connectivity index (χ0) is 20.8. The molecule has 2 aromatic heterocycles. The number of hydrogen-bond acceptors (Lipinski definition) is 4. The Labute approximate surface area is 169 Å². The number of nitrogens with zero attached hydrogens (tertiary/aromatic N) is 4. The predicted molar refractivity (Wildman–Crippen MR) is 107 cm³/mol. The van der Waals surface area contributed by atoms with Gasteiger partial charge < -0.3 is 4.90 Å². The van der Waals surface area contributed by atoms with Crippen molar-refractivity contribution in [3.8, 4) is 0 Å². The molecule has 1 aromatic carbocycles. The number of halogens is 4. The van der Waals surface area contributed by atoms with Gasteiger partial charge in [0.1, 0.15) is 0 Å². The van der Waals surface area contributed by atoms with Crippen LogP contribution in [0.3, 0.4) is 0 Å². The van der Waals surface area contributed by atoms with Gasteiger partial charge in [-0.1, -0.05) is 24.2 Å². The highest BCUT2D eigenvalue weighted by Gasteiger charge is 2.32. The van der Waals surface area contributed by atoms with E-state index in [2.05, 4.69) is 26.7 Å². The quantitative estimate of drug-likeness (QED) is 0.615. The van der Waals surface area contributed by atoms with Crippen LogP contribution in [0, 0.1) is 0 Å². The lowest BCUT2D eigenvalue weighted by molar-refractivity contribution is -0.138. The number of rotatable bonds is 2. The maximum atomic E-state index is 12.8. The molecular weight excluding hydrogens is 403 g/mol. The van der Waals surface area contributed by atoms with Crippen molar-refractivity contribution in [1.82, 2.24) is 20.2 Å². The summed E-state index contributed by atoms with van der Waals surface area (Å²) in [6, 6.07) is 3.74. The third-order valence-electron chi connectivity index (χ3n) is 5.13. The number of benzene rings is 1. The molecule has 0 aliphatic carbocycles. The molecule has 0 radical (unpaired) electrons. The summed E-state index contributed by atoms with van der Waals surface area (Å²) in [7, 11) is 0. The molecule has 0 spiro atoms. The minimum absolute atomic E-state index is 0.264. The summed E-state index contributed by atoms with van der Waals surface area (Å²) in [5.41, 5.74) is 3.87. The first-order valence-corrected chi connectivity index (χ1v) is 9.27. The SMILES string of the molecule is C=C1CCN(c2ncc(C(F)(F)F)cn2)C/C1=C(/C)c1ccc(Cl)c2[nH]ncc12. The average molecular weight is 420 g/mol. The van der Waals surface area contributed by atoms with Gasteiger partial charge in [0.25, 0.3) is 0 Å². The minimum atomic E-state index is -4.46. The lowest BCUT2D eigenvalue weighted by Gasteiger charge is -2.31. The highest BCUT2D eigenvalue weighted by molar-refractivity contribution is 6.35. The van der Waals surface area contributed by atoms with E-state index in [1.54, 1.807) is 6.20 Å². The van der Waals surface area contributed by atoms with Gasteiger partial charge in [-0.15, -0.1) is 0 Å². The van der Waals surface area contributed by atoms with E-state index in [9.17, 15) is 13.2 Å². The lowest BCUT2D eigenvalue weighted by Crippen LogP contribution is -2.34. The summed E-state index contributed by atoms with van der Waals surface area (Å²) in [6.45, 7) is 7.21. The molecule has 1 fully saturated rings. The fourth-order valence-corrected chi connectivity index (χ4v) is 3.69. The third kappa shape index (κ3) is 3.60. The van der Waals surface area contributed by atoms with Gasteiger partial charge in [-0.25, -0.2) is 9.97 Å². The van der Waals surface area contributed by atoms with Crippen LogP contribution in [0.25, 0.3) is 16.5 Å². The number of fused-ring (bicyclic) bond motifs is 1. The van der Waals surface area contributed by atoms with Crippen molar-refractivity contribution in [1.29, 1.82) is 0 Å². The largest absolute Gasteiger partial charge is 0.419 e. The number of alkyl halides is 3. The summed E-state index contributed by atoms with van der Waals surface area (Å²) < 4.78 is 38.3. The fraction of sp³-hybridized carbons (Fsp3) is 0.250. The zero-order valence-corrected chi connectivity index (χ0v) is 16.3. The molecule has 1 saturated heterocycles. The van der Waals surface area contributed by atoms with Crippen LogP contribution in [0.4, 0.5) is 19.1 Å². The Bertz CT molecular complexity index is 1120. The fourth-order valence-electron chi connectivity index (χ4n) is 3.48. The smallest absolute Gasteiger partial charge is 0.336 e. The lowest BCUT2D eigenvalue weighted by atomic mass is 9.90. The van der Waals surface area contributed by atoms with Gasteiger partial charge in [0.05, 0.1) is 22.3 Å². The van der Waals surface area contributed by atoms with Gasteiger partial charge in [-0.05, 0) is 41.7 Å². The Balaban J connectivity index is 1.69. The van der Waals surface area contributed by atoms with Gasteiger partial charge in [0.15, 0.2) is 0 Å². The van der Waals surface area contributed by atoms with Crippen LogP contribution >= 0.6 is 11.6 Å². The molecule has 4 rings (SSSR count). The summed E-state index contributed by atoms with van der Waals surface area (Å²) in [6.07, 6.45) is -0.435. The average Bonchev–Trinajstić information content (AvgIpc) is 3.18. The number of aromatic amines is 1. The zero-order valence-electron chi connectivity index (χ0n) is 15.5. The van der Waals surface area contributed by atoms with Crippen LogP contribution in [-0.2, 0) is 6.18 Å². The van der Waals surface area contributed by atoms with Crippen molar-refractivity contribution in [3.63, 3.8) is 0 Å². The standard InChI is InChI=1S/C20H17ClF3N5/c1-11-5-6-29(19-25-7-13(8-26-19)20(22,23)24)10-16(11)12(2)14-3-4-17(21)18-15(14)9-27-28-18/h3-4,7-9H,1,5-6,10H2,2H3,(H,27,28)/b16-12+. The first-order valence-electron chi connectivity index (χ1n) is 8.89. The second-order valence-electron chi connectivity index (χ2n) is 6.90. The molecule has 5 nitrogen and oxygen atoms in total. The van der Waals surface area contributed by atoms with Crippen molar-refractivity contribution in [3.05, 3.63) is 64.6 Å². The monoisotopic (exact) mass is 419 g/mol. The number of aromatic nitrogens is 4. The van der Waals surface area contributed by atoms with E-state index in [0.717, 1.165) is 45.6 Å². The van der Waals surface area contributed by atoms with Crippen molar-refractivity contribution in [2.75, 3.05) is 18.0 Å². The Hall–Kier alpha value is -2.87. The highest BCUT2D eigenvalue weighted by Crippen LogP contribution is 2.35. The van der Waals surface area contributed by atoms with Crippen molar-refractivity contribution < 1.29 is 13.2 Å². The van der Waals surface area contributed by atoms with Crippen LogP contribution in [-0.4, -0.2) is 33.3 Å². The molecule has 1 aliphatic rings. The normalized spacial score (nSPS) is 17.1. The van der Waals surface area contributed by atoms with Gasteiger partial charge in [0, 0.05) is 30.9 Å². The molecule has 3 heterocycles. The first kappa shape index (κ1) is 19.4. The molecule has 9 heteroatoms. The van der Waals surface area contributed by atoms with Gasteiger partial charge in [0.2, 0.25) is 5.95 Å². The molecule has 0 bridgehead atoms. The number of allylic oxidation sites excluding steroid dienone is 1. The maximum Gasteiger partial charge on any atom is 0.419 e. The summed E-state index contributed by atoms with van der Waals surface area (Å²) in [5.74, 6) is 0.264. The predicted octanol–water partition coefficient (Wildman–Crippen LogP) is 5.27. The minimum Gasteiger partial charge on any atom is -0.336 e. The number of hydrogen-bond donors (Lipinski definition) is 1. The summed E-state index contributed by atoms with van der Waals surface area (Å²) in [4.78, 5) is 9.70. The summed E-state index contributed by atoms with van der Waals surface area (Å²) in [5, 5.41) is 8.47. The van der Waals surface area contributed by atoms with E-state index in [-0.39, 0.29) is 5.95 Å². The van der Waals surface area contributed by atoms with Crippen molar-refractivity contribution in [2.45, 2.75) is 19.5 Å². The van der Waals surface area contributed by atoms with Crippen LogP contribution in [0.2, 0.25) is 5.02 Å². The van der Waals surface area contributed by atoms with Gasteiger partial charge in [-0.3, -0.25) is 5.10 Å². The highest BCUT2D eigenvalue weighted by atomic mass is 35.5. The van der Waals surface area contributed by atoms with Crippen LogP contribution < -0.4 is 4.90 Å². The van der Waals surface area contributed by atoms with Gasteiger partial charge >= 0.3 is 6.18 Å². The number of piperidine rings is 1. The van der Waals surface area contributed by atoms with Crippen LogP contribution in [0.1, 0.15) is 24.5 Å². The Kier molecular flexibility index (Phi) is 4.82. The maximum absolute atomic E-state index is 12.8. The molecule has 0 amide bonds. The first-order chi connectivity index (χ1) is 13.8. The van der Waals surface area contributed by atoms with E-state index in [4.69, 9.17) is 11.6 Å². The second-order valence-corrected chi connectivity index (χ2v) is 7.31. The Morgan fingerprint density at radius 2 is 1.93 bits per heavy atom. The topological polar surface area (TPSA) is 57.7 Å². The molecule has 0 saturated carbocycles. The van der Waals surface area contributed by atoms with E-state index < -0.39 is 11.7 Å². The van der Waals surface area contributed by atoms with E-state index in [1.165, 1.54) is 0 Å². The molecule has 29 heavy (non-hydrogen) atoms. The Morgan fingerprint density at radius 1 is 1.21 bits per heavy atom. The summed E-state index contributed by atoms with van der Waals surface area (Å²) >= 11 is 6.23. The van der Waals surface area contributed by atoms with E-state index >= 15 is 0 Å². The third-order valence-corrected chi connectivity index (χ3v) is 5.44.